The van der Waals surface area contributed by atoms with E-state index in [9.17, 15) is 14.4 Å². The third kappa shape index (κ3) is 5.21. The van der Waals surface area contributed by atoms with Gasteiger partial charge in [-0.25, -0.2) is 14.4 Å². The van der Waals surface area contributed by atoms with Crippen LogP contribution in [0.25, 0.3) is 0 Å². The van der Waals surface area contributed by atoms with Gasteiger partial charge in [0.2, 0.25) is 5.91 Å². The van der Waals surface area contributed by atoms with E-state index in [-0.39, 0.29) is 46.7 Å². The third-order valence-corrected chi connectivity index (χ3v) is 8.44. The minimum Gasteiger partial charge on any atom is -0.481 e. The minimum absolute atomic E-state index is 0.0262. The predicted molar refractivity (Wildman–Crippen MR) is 152 cm³/mol. The fraction of sp³-hybridized carbons (Fsp3) is 0.433. The first-order valence-electron chi connectivity index (χ1n) is 14.1. The SMILES string of the molecule is CC(=O)N1CCn2c(nc3c2C(c2ccc(C4CC4)cc2F)N(C(=O)COc2ccc(C(=O)N(C)C)nc2Cl)CC3)C1. The lowest BCUT2D eigenvalue weighted by Crippen LogP contribution is -2.45. The van der Waals surface area contributed by atoms with E-state index in [4.69, 9.17) is 21.3 Å². The van der Waals surface area contributed by atoms with Gasteiger partial charge in [-0.3, -0.25) is 14.4 Å². The van der Waals surface area contributed by atoms with Crippen molar-refractivity contribution in [2.24, 2.45) is 0 Å². The van der Waals surface area contributed by atoms with Gasteiger partial charge in [0.05, 0.1) is 17.9 Å². The summed E-state index contributed by atoms with van der Waals surface area (Å²) in [6.45, 7) is 2.89. The summed E-state index contributed by atoms with van der Waals surface area (Å²) in [6.07, 6.45) is 2.60. The van der Waals surface area contributed by atoms with Crippen LogP contribution in [0.2, 0.25) is 5.15 Å². The second kappa shape index (κ2) is 11.0. The zero-order valence-corrected chi connectivity index (χ0v) is 24.5. The van der Waals surface area contributed by atoms with Gasteiger partial charge in [-0.2, -0.15) is 0 Å². The molecule has 1 aromatic carbocycles. The Morgan fingerprint density at radius 1 is 1.10 bits per heavy atom. The lowest BCUT2D eigenvalue weighted by Gasteiger charge is -2.38. The summed E-state index contributed by atoms with van der Waals surface area (Å²) in [6, 6.07) is 7.62. The van der Waals surface area contributed by atoms with Crippen molar-refractivity contribution in [2.45, 2.75) is 51.2 Å². The molecular weight excluding hydrogens is 563 g/mol. The maximum Gasteiger partial charge on any atom is 0.271 e. The van der Waals surface area contributed by atoms with Crippen molar-refractivity contribution in [1.29, 1.82) is 0 Å². The van der Waals surface area contributed by atoms with Crippen molar-refractivity contribution >= 4 is 29.3 Å². The standard InChI is InChI=1S/C30H32ClFN6O4/c1-17(39)36-12-13-37-25(15-36)33-22-10-11-38(27(28(22)37)20-7-6-19(14-21(20)32)18-4-5-18)26(40)16-42-24-9-8-23(34-29(24)31)30(41)35(2)3/h6-9,14,18,27H,4-5,10-13,15-16H2,1-3H3. The Morgan fingerprint density at radius 3 is 2.55 bits per heavy atom. The Hall–Kier alpha value is -3.99. The summed E-state index contributed by atoms with van der Waals surface area (Å²) in [5.74, 6) is 0.245. The van der Waals surface area contributed by atoms with Gasteiger partial charge in [-0.15, -0.1) is 0 Å². The van der Waals surface area contributed by atoms with Crippen LogP contribution < -0.4 is 4.74 Å². The van der Waals surface area contributed by atoms with Crippen molar-refractivity contribution < 1.29 is 23.5 Å². The van der Waals surface area contributed by atoms with E-state index in [0.29, 0.717) is 44.1 Å². The molecule has 42 heavy (non-hydrogen) atoms. The molecule has 1 atom stereocenters. The molecule has 3 aromatic rings. The number of imidazole rings is 1. The van der Waals surface area contributed by atoms with E-state index < -0.39 is 6.04 Å². The fourth-order valence-electron chi connectivity index (χ4n) is 5.79. The topological polar surface area (TPSA) is 101 Å². The number of rotatable bonds is 6. The lowest BCUT2D eigenvalue weighted by molar-refractivity contribution is -0.135. The highest BCUT2D eigenvalue weighted by Gasteiger charge is 2.40. The molecule has 0 bridgehead atoms. The Morgan fingerprint density at radius 2 is 1.88 bits per heavy atom. The molecule has 6 rings (SSSR count). The summed E-state index contributed by atoms with van der Waals surface area (Å²) < 4.78 is 23.6. The number of fused-ring (bicyclic) bond motifs is 3. The Bertz CT molecular complexity index is 1590. The van der Waals surface area contributed by atoms with Gasteiger partial charge in [0.25, 0.3) is 11.8 Å². The van der Waals surface area contributed by atoms with Crippen LogP contribution in [-0.2, 0) is 29.1 Å². The third-order valence-electron chi connectivity index (χ3n) is 8.17. The van der Waals surface area contributed by atoms with Crippen LogP contribution >= 0.6 is 11.6 Å². The molecule has 10 nitrogen and oxygen atoms in total. The second-order valence-electron chi connectivity index (χ2n) is 11.2. The average Bonchev–Trinajstić information content (AvgIpc) is 3.75. The maximum absolute atomic E-state index is 15.8. The summed E-state index contributed by atoms with van der Waals surface area (Å²) in [5.41, 5.74) is 3.11. The molecule has 1 fully saturated rings. The van der Waals surface area contributed by atoms with E-state index in [1.165, 1.54) is 24.0 Å². The van der Waals surface area contributed by atoms with Crippen molar-refractivity contribution in [3.8, 4) is 5.75 Å². The van der Waals surface area contributed by atoms with Crippen LogP contribution in [0.4, 0.5) is 4.39 Å². The molecule has 2 aliphatic heterocycles. The molecule has 12 heteroatoms. The normalized spacial score (nSPS) is 17.9. The van der Waals surface area contributed by atoms with Crippen LogP contribution in [0.1, 0.15) is 70.6 Å². The highest BCUT2D eigenvalue weighted by molar-refractivity contribution is 6.31. The highest BCUT2D eigenvalue weighted by Crippen LogP contribution is 2.43. The van der Waals surface area contributed by atoms with E-state index >= 15 is 4.39 Å². The quantitative estimate of drug-likeness (QED) is 0.405. The predicted octanol–water partition coefficient (Wildman–Crippen LogP) is 3.57. The van der Waals surface area contributed by atoms with E-state index in [2.05, 4.69) is 4.98 Å². The minimum atomic E-state index is -0.711. The molecule has 0 N–H and O–H groups in total. The monoisotopic (exact) mass is 594 g/mol. The number of hydrogen-bond donors (Lipinski definition) is 0. The second-order valence-corrected chi connectivity index (χ2v) is 11.6. The summed E-state index contributed by atoms with van der Waals surface area (Å²) in [5, 5.41) is -0.0328. The molecule has 220 valence electrons. The lowest BCUT2D eigenvalue weighted by atomic mass is 9.93. The van der Waals surface area contributed by atoms with Crippen molar-refractivity contribution in [3.05, 3.63) is 75.3 Å². The van der Waals surface area contributed by atoms with E-state index in [1.54, 1.807) is 36.0 Å². The van der Waals surface area contributed by atoms with Crippen molar-refractivity contribution in [1.82, 2.24) is 29.2 Å². The molecule has 1 aliphatic carbocycles. The smallest absolute Gasteiger partial charge is 0.271 e. The number of pyridine rings is 1. The molecule has 0 radical (unpaired) electrons. The number of halogens is 2. The van der Waals surface area contributed by atoms with Gasteiger partial charge in [0.1, 0.15) is 23.4 Å². The fourth-order valence-corrected chi connectivity index (χ4v) is 6.00. The maximum atomic E-state index is 15.8. The van der Waals surface area contributed by atoms with Gasteiger partial charge in [-0.1, -0.05) is 23.7 Å². The molecule has 2 aromatic heterocycles. The average molecular weight is 595 g/mol. The summed E-state index contributed by atoms with van der Waals surface area (Å²) >= 11 is 6.28. The Kier molecular flexibility index (Phi) is 7.38. The number of aromatic nitrogens is 3. The molecule has 0 saturated heterocycles. The first-order valence-corrected chi connectivity index (χ1v) is 14.4. The van der Waals surface area contributed by atoms with E-state index in [1.807, 2.05) is 10.6 Å². The number of carbonyl (C=O) groups is 3. The first-order chi connectivity index (χ1) is 20.1. The van der Waals surface area contributed by atoms with Gasteiger partial charge < -0.3 is 24.0 Å². The van der Waals surface area contributed by atoms with Crippen LogP contribution in [0.3, 0.4) is 0 Å². The largest absolute Gasteiger partial charge is 0.481 e. The summed E-state index contributed by atoms with van der Waals surface area (Å²) in [7, 11) is 3.22. The van der Waals surface area contributed by atoms with Crippen molar-refractivity contribution in [3.63, 3.8) is 0 Å². The van der Waals surface area contributed by atoms with E-state index in [0.717, 1.165) is 35.6 Å². The van der Waals surface area contributed by atoms with Crippen LogP contribution in [0.15, 0.2) is 30.3 Å². The molecule has 4 heterocycles. The number of ether oxygens (including phenoxy) is 1. The number of amides is 3. The summed E-state index contributed by atoms with van der Waals surface area (Å²) in [4.78, 5) is 51.7. The van der Waals surface area contributed by atoms with Crippen LogP contribution in [0, 0.1) is 5.82 Å². The van der Waals surface area contributed by atoms with Crippen LogP contribution in [-0.4, -0.2) is 80.7 Å². The Labute approximate surface area is 248 Å². The van der Waals surface area contributed by atoms with Gasteiger partial charge >= 0.3 is 0 Å². The molecule has 0 spiro atoms. The zero-order chi connectivity index (χ0) is 29.7. The molecule has 1 unspecified atom stereocenters. The highest BCUT2D eigenvalue weighted by atomic mass is 35.5. The molecule has 3 amide bonds. The van der Waals surface area contributed by atoms with Gasteiger partial charge in [-0.05, 0) is 42.5 Å². The number of benzene rings is 1. The van der Waals surface area contributed by atoms with Gasteiger partial charge in [0, 0.05) is 52.6 Å². The zero-order valence-electron chi connectivity index (χ0n) is 23.8. The first kappa shape index (κ1) is 28.1. The van der Waals surface area contributed by atoms with Gasteiger partial charge in [0.15, 0.2) is 17.5 Å². The Balaban J connectivity index is 1.31. The number of nitrogens with zero attached hydrogens (tertiary/aromatic N) is 6. The molecule has 3 aliphatic rings. The number of carbonyl (C=O) groups excluding carboxylic acids is 3. The number of hydrogen-bond acceptors (Lipinski definition) is 6. The molecular formula is C30H32ClFN6O4. The van der Waals surface area contributed by atoms with Crippen molar-refractivity contribution in [2.75, 3.05) is 33.8 Å². The molecule has 1 saturated carbocycles. The van der Waals surface area contributed by atoms with Crippen LogP contribution in [0.5, 0.6) is 5.75 Å².